The van der Waals surface area contributed by atoms with E-state index in [-0.39, 0.29) is 17.0 Å². The first kappa shape index (κ1) is 13.5. The predicted molar refractivity (Wildman–Crippen MR) is 64.0 cm³/mol. The SMILES string of the molecule is C#CCC(C)NS(=O)(=O)c1ccc(F)c(N)c1. The highest BCUT2D eigenvalue weighted by Crippen LogP contribution is 2.16. The Labute approximate surface area is 100 Å². The number of hydrogen-bond acceptors (Lipinski definition) is 3. The lowest BCUT2D eigenvalue weighted by molar-refractivity contribution is 0.563. The van der Waals surface area contributed by atoms with Crippen molar-refractivity contribution in [2.24, 2.45) is 0 Å². The Morgan fingerprint density at radius 3 is 2.76 bits per heavy atom. The van der Waals surface area contributed by atoms with Gasteiger partial charge in [0.1, 0.15) is 5.82 Å². The van der Waals surface area contributed by atoms with Gasteiger partial charge in [-0.2, -0.15) is 0 Å². The van der Waals surface area contributed by atoms with E-state index in [4.69, 9.17) is 12.2 Å². The molecule has 1 atom stereocenters. The Balaban J connectivity index is 2.98. The van der Waals surface area contributed by atoms with Crippen LogP contribution in [0.1, 0.15) is 13.3 Å². The molecule has 92 valence electrons. The largest absolute Gasteiger partial charge is 0.396 e. The van der Waals surface area contributed by atoms with Crippen LogP contribution in [0.15, 0.2) is 23.1 Å². The molecule has 0 bridgehead atoms. The van der Waals surface area contributed by atoms with Crippen molar-refractivity contribution in [3.63, 3.8) is 0 Å². The van der Waals surface area contributed by atoms with Gasteiger partial charge in [-0.1, -0.05) is 0 Å². The number of anilines is 1. The van der Waals surface area contributed by atoms with Crippen molar-refractivity contribution in [2.45, 2.75) is 24.3 Å². The van der Waals surface area contributed by atoms with Crippen LogP contribution >= 0.6 is 0 Å². The van der Waals surface area contributed by atoms with Crippen LogP contribution in [-0.4, -0.2) is 14.5 Å². The van der Waals surface area contributed by atoms with Crippen LogP contribution in [0.3, 0.4) is 0 Å². The third-order valence-corrected chi connectivity index (χ3v) is 3.65. The number of hydrogen-bond donors (Lipinski definition) is 2. The van der Waals surface area contributed by atoms with Crippen LogP contribution in [0.5, 0.6) is 0 Å². The second-order valence-corrected chi connectivity index (χ2v) is 5.33. The van der Waals surface area contributed by atoms with Gasteiger partial charge in [-0.25, -0.2) is 17.5 Å². The molecule has 1 aromatic rings. The third-order valence-electron chi connectivity index (χ3n) is 2.06. The van der Waals surface area contributed by atoms with Gasteiger partial charge in [-0.05, 0) is 25.1 Å². The molecule has 0 heterocycles. The van der Waals surface area contributed by atoms with Crippen molar-refractivity contribution in [1.29, 1.82) is 0 Å². The van der Waals surface area contributed by atoms with Crippen LogP contribution in [0.2, 0.25) is 0 Å². The number of nitrogens with two attached hydrogens (primary N) is 1. The maximum atomic E-state index is 12.9. The van der Waals surface area contributed by atoms with Crippen molar-refractivity contribution < 1.29 is 12.8 Å². The fourth-order valence-electron chi connectivity index (χ4n) is 1.24. The fraction of sp³-hybridized carbons (Fsp3) is 0.273. The van der Waals surface area contributed by atoms with Gasteiger partial charge >= 0.3 is 0 Å². The number of nitrogens with one attached hydrogen (secondary N) is 1. The minimum atomic E-state index is -3.71. The van der Waals surface area contributed by atoms with E-state index in [1.807, 2.05) is 0 Å². The van der Waals surface area contributed by atoms with E-state index in [0.717, 1.165) is 18.2 Å². The van der Waals surface area contributed by atoms with Gasteiger partial charge < -0.3 is 5.73 Å². The fourth-order valence-corrected chi connectivity index (χ4v) is 2.52. The highest BCUT2D eigenvalue weighted by atomic mass is 32.2. The summed E-state index contributed by atoms with van der Waals surface area (Å²) in [5, 5.41) is 0. The number of sulfonamides is 1. The summed E-state index contributed by atoms with van der Waals surface area (Å²) in [5.41, 5.74) is 5.10. The highest BCUT2D eigenvalue weighted by Gasteiger charge is 2.17. The molecular weight excluding hydrogens is 243 g/mol. The molecular formula is C11H13FN2O2S. The maximum absolute atomic E-state index is 12.9. The van der Waals surface area contributed by atoms with Crippen LogP contribution in [0.25, 0.3) is 0 Å². The number of rotatable bonds is 4. The van der Waals surface area contributed by atoms with E-state index >= 15 is 0 Å². The van der Waals surface area contributed by atoms with Gasteiger partial charge in [0, 0.05) is 12.5 Å². The van der Waals surface area contributed by atoms with Crippen LogP contribution in [0, 0.1) is 18.2 Å². The summed E-state index contributed by atoms with van der Waals surface area (Å²) in [4.78, 5) is -0.0831. The van der Waals surface area contributed by atoms with E-state index < -0.39 is 21.9 Å². The van der Waals surface area contributed by atoms with Crippen LogP contribution < -0.4 is 10.5 Å². The lowest BCUT2D eigenvalue weighted by Gasteiger charge is -2.12. The Kier molecular flexibility index (Phi) is 4.10. The quantitative estimate of drug-likeness (QED) is 0.626. The normalized spacial score (nSPS) is 13.0. The lowest BCUT2D eigenvalue weighted by atomic mass is 10.3. The van der Waals surface area contributed by atoms with Crippen molar-refractivity contribution >= 4 is 15.7 Å². The first-order chi connectivity index (χ1) is 7.86. The molecule has 17 heavy (non-hydrogen) atoms. The summed E-state index contributed by atoms with van der Waals surface area (Å²) < 4.78 is 38.9. The third kappa shape index (κ3) is 3.44. The molecule has 1 aromatic carbocycles. The van der Waals surface area contributed by atoms with E-state index in [0.29, 0.717) is 0 Å². The Bertz CT molecular complexity index is 549. The van der Waals surface area contributed by atoms with Crippen LogP contribution in [-0.2, 0) is 10.0 Å². The Morgan fingerprint density at radius 1 is 1.59 bits per heavy atom. The number of terminal acetylenes is 1. The average molecular weight is 256 g/mol. The smallest absolute Gasteiger partial charge is 0.240 e. The number of nitrogen functional groups attached to an aromatic ring is 1. The summed E-state index contributed by atoms with van der Waals surface area (Å²) in [6.45, 7) is 1.64. The van der Waals surface area contributed by atoms with Crippen molar-refractivity contribution in [3.8, 4) is 12.3 Å². The minimum absolute atomic E-state index is 0.0831. The van der Waals surface area contributed by atoms with Gasteiger partial charge in [0.15, 0.2) is 0 Å². The van der Waals surface area contributed by atoms with Gasteiger partial charge in [0.25, 0.3) is 0 Å². The molecule has 0 radical (unpaired) electrons. The van der Waals surface area contributed by atoms with Crippen molar-refractivity contribution in [3.05, 3.63) is 24.0 Å². The molecule has 0 spiro atoms. The van der Waals surface area contributed by atoms with E-state index in [9.17, 15) is 12.8 Å². The van der Waals surface area contributed by atoms with Crippen molar-refractivity contribution in [1.82, 2.24) is 4.72 Å². The second-order valence-electron chi connectivity index (χ2n) is 3.61. The monoisotopic (exact) mass is 256 g/mol. The Hall–Kier alpha value is -1.58. The Morgan fingerprint density at radius 2 is 2.24 bits per heavy atom. The van der Waals surface area contributed by atoms with Gasteiger partial charge in [0.2, 0.25) is 10.0 Å². The molecule has 4 nitrogen and oxygen atoms in total. The summed E-state index contributed by atoms with van der Waals surface area (Å²) in [7, 11) is -3.71. The zero-order valence-corrected chi connectivity index (χ0v) is 10.1. The first-order valence-corrected chi connectivity index (χ1v) is 6.36. The van der Waals surface area contributed by atoms with Crippen LogP contribution in [0.4, 0.5) is 10.1 Å². The summed E-state index contributed by atoms with van der Waals surface area (Å²) in [5.74, 6) is 1.70. The molecule has 1 unspecified atom stereocenters. The maximum Gasteiger partial charge on any atom is 0.240 e. The van der Waals surface area contributed by atoms with E-state index in [2.05, 4.69) is 10.6 Å². The summed E-state index contributed by atoms with van der Waals surface area (Å²) in [6, 6.07) is 2.84. The molecule has 0 aliphatic rings. The molecule has 0 aromatic heterocycles. The molecule has 0 aliphatic heterocycles. The van der Waals surface area contributed by atoms with E-state index in [1.165, 1.54) is 0 Å². The minimum Gasteiger partial charge on any atom is -0.396 e. The molecule has 0 saturated heterocycles. The molecule has 6 heteroatoms. The molecule has 0 fully saturated rings. The second kappa shape index (κ2) is 5.17. The zero-order chi connectivity index (χ0) is 13.1. The molecule has 0 saturated carbocycles. The standard InChI is InChI=1S/C11H13FN2O2S/c1-3-4-8(2)14-17(15,16)9-5-6-10(12)11(13)7-9/h1,5-8,14H,4,13H2,2H3. The molecule has 1 rings (SSSR count). The number of benzene rings is 1. The topological polar surface area (TPSA) is 72.2 Å². The predicted octanol–water partition coefficient (Wildman–Crippen LogP) is 1.10. The highest BCUT2D eigenvalue weighted by molar-refractivity contribution is 7.89. The molecule has 3 N–H and O–H groups in total. The number of halogens is 1. The molecule has 0 aliphatic carbocycles. The lowest BCUT2D eigenvalue weighted by Crippen LogP contribution is -2.32. The first-order valence-electron chi connectivity index (χ1n) is 4.87. The van der Waals surface area contributed by atoms with Gasteiger partial charge in [-0.3, -0.25) is 0 Å². The summed E-state index contributed by atoms with van der Waals surface area (Å²) >= 11 is 0. The van der Waals surface area contributed by atoms with Gasteiger partial charge in [-0.15, -0.1) is 12.3 Å². The zero-order valence-electron chi connectivity index (χ0n) is 9.27. The summed E-state index contributed by atoms with van der Waals surface area (Å²) in [6.07, 6.45) is 5.35. The van der Waals surface area contributed by atoms with E-state index in [1.54, 1.807) is 6.92 Å². The van der Waals surface area contributed by atoms with Crippen molar-refractivity contribution in [2.75, 3.05) is 5.73 Å². The molecule has 0 amide bonds. The van der Waals surface area contributed by atoms with Gasteiger partial charge in [0.05, 0.1) is 10.6 Å². The average Bonchev–Trinajstić information content (AvgIpc) is 2.21.